The number of halogens is 4. The van der Waals surface area contributed by atoms with Crippen molar-refractivity contribution in [2.24, 2.45) is 0 Å². The van der Waals surface area contributed by atoms with Crippen molar-refractivity contribution in [3.05, 3.63) is 35.6 Å². The molecule has 12 heavy (non-hydrogen) atoms. The quantitative estimate of drug-likeness (QED) is 0.726. The Hall–Kier alpha value is 0.819. The normalized spacial score (nSPS) is 11.7. The van der Waals surface area contributed by atoms with Crippen LogP contribution in [-0.2, 0) is 4.44 Å². The summed E-state index contributed by atoms with van der Waals surface area (Å²) in [5, 5.41) is 0. The van der Waals surface area contributed by atoms with Crippen molar-refractivity contribution in [2.75, 3.05) is 0 Å². The van der Waals surface area contributed by atoms with E-state index in [0.717, 1.165) is 5.56 Å². The maximum atomic E-state index is 12.4. The fraction of sp³-hybridized carbons (Fsp3) is 0.143. The van der Waals surface area contributed by atoms with E-state index in [1.165, 1.54) is 12.1 Å². The van der Waals surface area contributed by atoms with Crippen molar-refractivity contribution in [3.8, 4) is 0 Å². The summed E-state index contributed by atoms with van der Waals surface area (Å²) in [4.78, 5) is 0. The van der Waals surface area contributed by atoms with E-state index in [0.29, 0.717) is 4.44 Å². The summed E-state index contributed by atoms with van der Waals surface area (Å²) in [7, 11) is 17.3. The van der Waals surface area contributed by atoms with Crippen LogP contribution in [0, 0.1) is 5.82 Å². The van der Waals surface area contributed by atoms with E-state index in [1.807, 2.05) is 0 Å². The molecule has 0 bridgehead atoms. The average Bonchev–Trinajstić information content (AvgIpc) is 1.91. The predicted octanol–water partition coefficient (Wildman–Crippen LogP) is 3.56. The van der Waals surface area contributed by atoms with Gasteiger partial charge in [-0.15, -0.1) is 0 Å². The van der Waals surface area contributed by atoms with E-state index in [-0.39, 0.29) is 5.82 Å². The zero-order valence-electron chi connectivity index (χ0n) is 6.03. The van der Waals surface area contributed by atoms with Crippen LogP contribution in [0.25, 0.3) is 0 Å². The first-order valence-corrected chi connectivity index (χ1v) is 16.1. The number of rotatable bonds is 2. The third kappa shape index (κ3) is 4.17. The van der Waals surface area contributed by atoms with Gasteiger partial charge in [-0.05, 0) is 0 Å². The van der Waals surface area contributed by atoms with Gasteiger partial charge < -0.3 is 0 Å². The molecule has 0 atom stereocenters. The molecule has 0 N–H and O–H groups in total. The van der Waals surface area contributed by atoms with Crippen LogP contribution >= 0.6 is 26.8 Å². The second kappa shape index (κ2) is 4.36. The van der Waals surface area contributed by atoms with E-state index in [2.05, 4.69) is 0 Å². The predicted molar refractivity (Wildman–Crippen MR) is 53.4 cm³/mol. The average molecular weight is 334 g/mol. The summed E-state index contributed by atoms with van der Waals surface area (Å²) in [6, 6.07) is 6.04. The summed E-state index contributed by atoms with van der Waals surface area (Å²) in [6.07, 6.45) is 0. The van der Waals surface area contributed by atoms with Gasteiger partial charge in [0.1, 0.15) is 0 Å². The van der Waals surface area contributed by atoms with Crippen LogP contribution in [0.3, 0.4) is 0 Å². The number of benzene rings is 1. The summed E-state index contributed by atoms with van der Waals surface area (Å²) in [5.41, 5.74) is 0.896. The van der Waals surface area contributed by atoms with Gasteiger partial charge in [0.15, 0.2) is 0 Å². The van der Waals surface area contributed by atoms with Crippen LogP contribution < -0.4 is 0 Å². The van der Waals surface area contributed by atoms with E-state index in [9.17, 15) is 4.39 Å². The Morgan fingerprint density at radius 1 is 1.08 bits per heavy atom. The number of hydrogen-bond donors (Lipinski definition) is 0. The van der Waals surface area contributed by atoms with Crippen LogP contribution in [0.1, 0.15) is 5.56 Å². The minimum absolute atomic E-state index is 0.265. The molecule has 1 aromatic rings. The first-order valence-electron chi connectivity index (χ1n) is 3.28. The topological polar surface area (TPSA) is 0 Å². The van der Waals surface area contributed by atoms with Crippen LogP contribution in [0.2, 0.25) is 0 Å². The molecular weight excluding hydrogens is 328 g/mol. The molecule has 0 saturated heterocycles. The second-order valence-corrected chi connectivity index (χ2v) is 23.8. The Labute approximate surface area is 85.6 Å². The van der Waals surface area contributed by atoms with Gasteiger partial charge in [0.2, 0.25) is 0 Å². The van der Waals surface area contributed by atoms with Crippen molar-refractivity contribution in [2.45, 2.75) is 4.44 Å². The van der Waals surface area contributed by atoms with Crippen molar-refractivity contribution in [1.29, 1.82) is 0 Å². The molecule has 0 radical (unpaired) electrons. The molecule has 66 valence electrons. The third-order valence-electron chi connectivity index (χ3n) is 1.32. The molecule has 1 aromatic carbocycles. The van der Waals surface area contributed by atoms with E-state index in [1.54, 1.807) is 12.1 Å². The molecule has 0 nitrogen and oxygen atoms in total. The molecule has 0 saturated carbocycles. The molecular formula is C7H6Cl3FSn. The molecule has 1 rings (SSSR count). The van der Waals surface area contributed by atoms with Crippen LogP contribution in [0.5, 0.6) is 0 Å². The molecule has 0 aliphatic carbocycles. The van der Waals surface area contributed by atoms with Crippen molar-refractivity contribution < 1.29 is 4.39 Å². The van der Waals surface area contributed by atoms with E-state index in [4.69, 9.17) is 26.8 Å². The third-order valence-corrected chi connectivity index (χ3v) is 6.32. The summed E-state index contributed by atoms with van der Waals surface area (Å²) >= 11 is -3.29. The van der Waals surface area contributed by atoms with Gasteiger partial charge in [-0.3, -0.25) is 0 Å². The van der Waals surface area contributed by atoms with E-state index >= 15 is 0 Å². The van der Waals surface area contributed by atoms with Crippen LogP contribution in [0.15, 0.2) is 24.3 Å². The van der Waals surface area contributed by atoms with Gasteiger partial charge in [0.25, 0.3) is 0 Å². The van der Waals surface area contributed by atoms with Gasteiger partial charge in [-0.25, -0.2) is 0 Å². The molecule has 0 aliphatic rings. The van der Waals surface area contributed by atoms with Crippen LogP contribution in [-0.4, -0.2) is 15.0 Å². The van der Waals surface area contributed by atoms with Gasteiger partial charge in [-0.1, -0.05) is 0 Å². The van der Waals surface area contributed by atoms with Crippen LogP contribution in [0.4, 0.5) is 4.39 Å². The Morgan fingerprint density at radius 2 is 1.58 bits per heavy atom. The summed E-state index contributed by atoms with van der Waals surface area (Å²) in [6.45, 7) is 0. The van der Waals surface area contributed by atoms with Crippen molar-refractivity contribution in [1.82, 2.24) is 0 Å². The van der Waals surface area contributed by atoms with Crippen molar-refractivity contribution >= 4 is 41.8 Å². The second-order valence-electron chi connectivity index (χ2n) is 2.42. The number of hydrogen-bond acceptors (Lipinski definition) is 0. The fourth-order valence-corrected chi connectivity index (χ4v) is 5.93. The Morgan fingerprint density at radius 3 is 2.00 bits per heavy atom. The zero-order chi connectivity index (χ0) is 9.19. The molecule has 0 fully saturated rings. The fourth-order valence-electron chi connectivity index (χ4n) is 0.834. The summed E-state index contributed by atoms with van der Waals surface area (Å²) in [5.74, 6) is -0.265. The van der Waals surface area contributed by atoms with Crippen molar-refractivity contribution in [3.63, 3.8) is 0 Å². The van der Waals surface area contributed by atoms with E-state index < -0.39 is 15.0 Å². The van der Waals surface area contributed by atoms with Gasteiger partial charge in [-0.2, -0.15) is 0 Å². The molecule has 0 aromatic heterocycles. The Kier molecular flexibility index (Phi) is 3.96. The molecule has 5 heteroatoms. The van der Waals surface area contributed by atoms with Gasteiger partial charge >= 0.3 is 86.2 Å². The molecule has 0 unspecified atom stereocenters. The Bertz CT molecular complexity index is 254. The zero-order valence-corrected chi connectivity index (χ0v) is 11.2. The van der Waals surface area contributed by atoms with Gasteiger partial charge in [0.05, 0.1) is 0 Å². The molecule has 0 spiro atoms. The first-order chi connectivity index (χ1) is 5.47. The first kappa shape index (κ1) is 10.9. The molecule has 0 amide bonds. The monoisotopic (exact) mass is 334 g/mol. The molecule has 0 aliphatic heterocycles. The standard InChI is InChI=1S/C7H6F.3ClH.Sn/c1-6-2-4-7(8)5-3-6;;;;/h2-5H,1H2;3*1H;/q;;;;+3/p-3. The molecule has 0 heterocycles. The SMILES string of the molecule is Fc1ccc([CH2][Sn]([Cl])([Cl])[Cl])cc1. The maximum absolute atomic E-state index is 12.4. The Balaban J connectivity index is 2.71. The minimum atomic E-state index is -3.29. The summed E-state index contributed by atoms with van der Waals surface area (Å²) < 4.78 is 12.9. The van der Waals surface area contributed by atoms with Gasteiger partial charge in [0, 0.05) is 0 Å².